The van der Waals surface area contributed by atoms with Crippen LogP contribution in [-0.2, 0) is 66.6 Å². The quantitative estimate of drug-likeness (QED) is 0.0951. The number of hydrogen-bond donors (Lipinski definition) is 0. The highest BCUT2D eigenvalue weighted by molar-refractivity contribution is 7.00. The molecule has 2 aliphatic rings. The van der Waals surface area contributed by atoms with Crippen molar-refractivity contribution in [2.24, 2.45) is 37.9 Å². The normalized spacial score (nSPS) is 13.9. The zero-order valence-corrected chi connectivity index (χ0v) is 87.9. The highest BCUT2D eigenvalue weighted by atomic mass is 15.2. The Morgan fingerprint density at radius 3 is 0.672 bits per heavy atom. The first-order valence-corrected chi connectivity index (χ1v) is 50.2. The average molecular weight is 1770 g/mol. The van der Waals surface area contributed by atoms with Gasteiger partial charge in [-0.3, -0.25) is 0 Å². The molecule has 4 nitrogen and oxygen atoms in total. The Morgan fingerprint density at radius 2 is 0.440 bits per heavy atom. The molecular weight excluding hydrogens is 1620 g/mol. The minimum Gasteiger partial charge on any atom is -0.310 e. The van der Waals surface area contributed by atoms with Crippen molar-refractivity contribution in [3.63, 3.8) is 0 Å². The second-order valence-corrected chi connectivity index (χ2v) is 53.3. The summed E-state index contributed by atoms with van der Waals surface area (Å²) in [5.41, 5.74) is 41.7. The van der Waals surface area contributed by atoms with E-state index >= 15 is 0 Å². The van der Waals surface area contributed by atoms with Gasteiger partial charge in [0.25, 0.3) is 6.71 Å². The van der Waals surface area contributed by atoms with Crippen LogP contribution < -0.4 is 26.2 Å². The Bertz CT molecular complexity index is 6380. The van der Waals surface area contributed by atoms with E-state index < -0.39 is 0 Å². The van der Waals surface area contributed by atoms with Gasteiger partial charge < -0.3 is 18.9 Å². The number of benzene rings is 13. The van der Waals surface area contributed by atoms with Crippen molar-refractivity contribution < 1.29 is 0 Å². The summed E-state index contributed by atoms with van der Waals surface area (Å²) in [5.74, 6) is 0. The van der Waals surface area contributed by atoms with Gasteiger partial charge in [-0.1, -0.05) is 362 Å². The van der Waals surface area contributed by atoms with E-state index in [1.807, 2.05) is 0 Å². The van der Waals surface area contributed by atoms with Crippen LogP contribution in [0.4, 0.5) is 34.1 Å². The SMILES string of the molecule is CC(C)(C)Cc1cc(-c2cccc(C(C)(C)C)c2)c(N2c3cc(-n4c5ccc(CC(C)(C)C)cc5c5cc(CC(C)(C)C)ccc54)ccc3B3c4ccc(-n5c6ccc(CC(C)(C)C)cc6c6cc(CC(C)(C)C)ccc65)cc4N(c4c(-c5cccc(C(C)(C)C)c5)cc(CC(C)(C)C)cc4-c4cccc(C(C)(C)C)c4)c4cc(CC(C)(C)C)cc2c43)c(-c2cccc(C(C)(C)C)c2)c1. The molecule has 13 aromatic carbocycles. The first kappa shape index (κ1) is 94.9. The fourth-order valence-corrected chi connectivity index (χ4v) is 22.0. The van der Waals surface area contributed by atoms with Crippen LogP contribution in [0.2, 0.25) is 0 Å². The molecule has 0 bridgehead atoms. The molecule has 0 saturated carbocycles. The number of nitrogens with zero attached hydrogens (tertiary/aromatic N) is 4. The Morgan fingerprint density at radius 1 is 0.209 bits per heavy atom. The van der Waals surface area contributed by atoms with Crippen molar-refractivity contribution in [1.82, 2.24) is 9.13 Å². The maximum absolute atomic E-state index is 2.86. The van der Waals surface area contributed by atoms with Crippen molar-refractivity contribution in [1.29, 1.82) is 0 Å². The third-order valence-corrected chi connectivity index (χ3v) is 27.5. The van der Waals surface area contributed by atoms with E-state index in [-0.39, 0.29) is 66.3 Å². The maximum Gasteiger partial charge on any atom is 0.252 e. The summed E-state index contributed by atoms with van der Waals surface area (Å²) in [6.45, 7) is 78.7. The number of rotatable bonds is 15. The largest absolute Gasteiger partial charge is 0.310 e. The molecule has 0 amide bonds. The monoisotopic (exact) mass is 1770 g/mol. The van der Waals surface area contributed by atoms with Crippen LogP contribution in [0.1, 0.15) is 290 Å². The van der Waals surface area contributed by atoms with Crippen LogP contribution in [0.5, 0.6) is 0 Å². The second kappa shape index (κ2) is 33.5. The highest BCUT2D eigenvalue weighted by Gasteiger charge is 2.47. The average Bonchev–Trinajstić information content (AvgIpc) is 0.720. The first-order valence-electron chi connectivity index (χ1n) is 50.2. The number of aromatic nitrogens is 2. The third-order valence-electron chi connectivity index (χ3n) is 27.5. The summed E-state index contributed by atoms with van der Waals surface area (Å²) in [6, 6.07) is 99.9. The smallest absolute Gasteiger partial charge is 0.252 e. The van der Waals surface area contributed by atoms with Gasteiger partial charge in [-0.25, -0.2) is 0 Å². The lowest BCUT2D eigenvalue weighted by atomic mass is 9.33. The molecule has 2 aliphatic heterocycles. The molecule has 0 aliphatic carbocycles. The van der Waals surface area contributed by atoms with Gasteiger partial charge >= 0.3 is 0 Å². The lowest BCUT2D eigenvalue weighted by Gasteiger charge is -2.46. The molecule has 5 heteroatoms. The van der Waals surface area contributed by atoms with Gasteiger partial charge in [0.1, 0.15) is 0 Å². The minimum absolute atomic E-state index is 0.0472. The standard InChI is InChI=1S/C129H153BN4/c1-119(2,3)74-81-46-54-108-102(58-81)103-59-82(75-120(4,5)6)47-55-109(103)131(108)96-50-52-106-112(72-96)133(117-98(88-38-34-42-92(68-88)126(22,23)24)62-85(78-123(13,14)15)63-99(117)89-39-35-43-93(69-89)127(25,26)27)114-66-87(80-125(19,20)21)67-115-116(114)130(106)107-53-51-97(132-110-56-48-83(76-121(7,8)9)60-104(110)105-61-84(49-57-111(105)132)77-122(10,11)12)73-113(107)134(115)118-100(90-40-36-44-94(70-90)128(28,29)30)64-86(79-124(16,17)18)65-101(118)91-41-37-45-95(71-91)129(31,32)33/h34-73H,74-80H2,1-33H3. The van der Waals surface area contributed by atoms with E-state index in [0.29, 0.717) is 0 Å². The molecule has 134 heavy (non-hydrogen) atoms. The first-order chi connectivity index (χ1) is 62.2. The molecule has 0 unspecified atom stereocenters. The molecule has 0 saturated heterocycles. The molecule has 0 spiro atoms. The number of hydrogen-bond acceptors (Lipinski definition) is 2. The van der Waals surface area contributed by atoms with Crippen molar-refractivity contribution >= 4 is 101 Å². The van der Waals surface area contributed by atoms with Crippen LogP contribution >= 0.6 is 0 Å². The molecule has 17 rings (SSSR count). The Hall–Kier alpha value is -10.9. The predicted molar refractivity (Wildman–Crippen MR) is 588 cm³/mol. The molecule has 2 aromatic heterocycles. The van der Waals surface area contributed by atoms with E-state index in [4.69, 9.17) is 0 Å². The summed E-state index contributed by atoms with van der Waals surface area (Å²) < 4.78 is 5.27. The number of fused-ring (bicyclic) bond motifs is 10. The number of anilines is 6. The van der Waals surface area contributed by atoms with Gasteiger partial charge in [-0.15, -0.1) is 0 Å². The highest BCUT2D eigenvalue weighted by Crippen LogP contribution is 2.57. The van der Waals surface area contributed by atoms with Crippen LogP contribution in [-0.4, -0.2) is 15.8 Å². The summed E-state index contributed by atoms with van der Waals surface area (Å²) in [6.07, 6.45) is 6.44. The summed E-state index contributed by atoms with van der Waals surface area (Å²) in [7, 11) is 0. The summed E-state index contributed by atoms with van der Waals surface area (Å²) >= 11 is 0. The van der Waals surface area contributed by atoms with Gasteiger partial charge in [-0.05, 0) is 314 Å². The van der Waals surface area contributed by atoms with Crippen molar-refractivity contribution in [3.05, 3.63) is 304 Å². The van der Waals surface area contributed by atoms with E-state index in [2.05, 4.69) is 490 Å². The lowest BCUT2D eigenvalue weighted by Crippen LogP contribution is -2.61. The van der Waals surface area contributed by atoms with Crippen LogP contribution in [0, 0.1) is 37.9 Å². The van der Waals surface area contributed by atoms with Crippen molar-refractivity contribution in [2.45, 2.75) is 295 Å². The summed E-state index contributed by atoms with van der Waals surface area (Å²) in [5, 5.41) is 5.17. The maximum atomic E-state index is 2.86. The molecule has 15 aromatic rings. The fourth-order valence-electron chi connectivity index (χ4n) is 22.0. The fraction of sp³-hybridized carbons (Fsp3) is 0.395. The Balaban J connectivity index is 1.10. The topological polar surface area (TPSA) is 16.3 Å². The van der Waals surface area contributed by atoms with E-state index in [1.165, 1.54) is 200 Å². The van der Waals surface area contributed by atoms with Crippen LogP contribution in [0.3, 0.4) is 0 Å². The molecule has 0 fully saturated rings. The summed E-state index contributed by atoms with van der Waals surface area (Å²) in [4.78, 5) is 5.73. The van der Waals surface area contributed by atoms with Crippen LogP contribution in [0.15, 0.2) is 243 Å². The van der Waals surface area contributed by atoms with Gasteiger partial charge in [0, 0.05) is 77.9 Å². The van der Waals surface area contributed by atoms with Crippen molar-refractivity contribution in [3.8, 4) is 55.9 Å². The van der Waals surface area contributed by atoms with Gasteiger partial charge in [0.05, 0.1) is 33.4 Å². The van der Waals surface area contributed by atoms with E-state index in [0.717, 1.165) is 56.3 Å². The molecule has 0 radical (unpaired) electrons. The van der Waals surface area contributed by atoms with Gasteiger partial charge in [-0.2, -0.15) is 0 Å². The lowest BCUT2D eigenvalue weighted by molar-refractivity contribution is 0.411. The second-order valence-electron chi connectivity index (χ2n) is 53.3. The molecule has 0 N–H and O–H groups in total. The molecule has 4 heterocycles. The Kier molecular flexibility index (Phi) is 23.7. The molecule has 0 atom stereocenters. The zero-order chi connectivity index (χ0) is 96.6. The van der Waals surface area contributed by atoms with Crippen LogP contribution in [0.25, 0.3) is 99.5 Å². The molecular formula is C129H153BN4. The minimum atomic E-state index is -0.290. The van der Waals surface area contributed by atoms with Gasteiger partial charge in [0.2, 0.25) is 0 Å². The predicted octanol–water partition coefficient (Wildman–Crippen LogP) is 34.9. The third kappa shape index (κ3) is 19.7. The van der Waals surface area contributed by atoms with E-state index in [1.54, 1.807) is 0 Å². The van der Waals surface area contributed by atoms with E-state index in [9.17, 15) is 0 Å². The van der Waals surface area contributed by atoms with Gasteiger partial charge in [0.15, 0.2) is 0 Å². The zero-order valence-electron chi connectivity index (χ0n) is 87.9. The van der Waals surface area contributed by atoms with Crippen molar-refractivity contribution in [2.75, 3.05) is 9.80 Å². The molecule has 692 valence electrons. The Labute approximate surface area is 807 Å².